The van der Waals surface area contributed by atoms with Gasteiger partial charge in [0.2, 0.25) is 0 Å². The molecule has 0 saturated carbocycles. The van der Waals surface area contributed by atoms with Gasteiger partial charge in [-0.2, -0.15) is 0 Å². The maximum Gasteiger partial charge on any atom is -1.00 e. The van der Waals surface area contributed by atoms with E-state index in [0.29, 0.717) is 0 Å². The van der Waals surface area contributed by atoms with Crippen LogP contribution in [0.2, 0.25) is 0 Å². The van der Waals surface area contributed by atoms with Crippen LogP contribution in [0.25, 0.3) is 0 Å². The van der Waals surface area contributed by atoms with Gasteiger partial charge in [-0.15, -0.1) is 0 Å². The zero-order valence-electron chi connectivity index (χ0n) is 16.6. The Morgan fingerprint density at radius 1 is 0.571 bits per heavy atom. The predicted octanol–water partition coefficient (Wildman–Crippen LogP) is 6.48. The minimum atomic E-state index is -0.580. The van der Waals surface area contributed by atoms with E-state index in [0.717, 1.165) is 0 Å². The Balaban J connectivity index is 0.00000242. The fraction of sp³-hybridized carbons (Fsp3) is 0.600. The van der Waals surface area contributed by atoms with E-state index < -0.39 is 22.9 Å². The molecular weight excluding hydrogens is 285 g/mol. The Hall–Kier alpha value is -0.170. The molecule has 0 nitrogen and oxygen atoms in total. The van der Waals surface area contributed by atoms with E-state index in [9.17, 15) is 0 Å². The molecule has 0 bridgehead atoms. The third-order valence-corrected chi connectivity index (χ3v) is 11.1. The molecule has 0 aromatic carbocycles. The Morgan fingerprint density at radius 2 is 0.857 bits per heavy atom. The van der Waals surface area contributed by atoms with E-state index in [-0.39, 0.29) is 12.3 Å². The van der Waals surface area contributed by atoms with Crippen molar-refractivity contribution >= 4 is 0 Å². The van der Waals surface area contributed by atoms with E-state index in [2.05, 4.69) is 69.2 Å². The summed E-state index contributed by atoms with van der Waals surface area (Å²) in [5, 5.41) is 0. The van der Waals surface area contributed by atoms with Crippen LogP contribution < -0.4 is 0 Å². The van der Waals surface area contributed by atoms with Crippen LogP contribution in [0.1, 0.15) is 70.7 Å². The third-order valence-electron chi connectivity index (χ3n) is 6.57. The summed E-state index contributed by atoms with van der Waals surface area (Å²) >= 11 is -0.580. The minimum Gasteiger partial charge on any atom is -1.00 e. The van der Waals surface area contributed by atoms with Gasteiger partial charge in [-0.25, -0.2) is 0 Å². The van der Waals surface area contributed by atoms with Gasteiger partial charge in [0, 0.05) is 0 Å². The van der Waals surface area contributed by atoms with Crippen molar-refractivity contribution in [3.05, 3.63) is 40.1 Å². The van der Waals surface area contributed by atoms with Crippen molar-refractivity contribution in [2.45, 2.75) is 69.2 Å². The average molecular weight is 316 g/mol. The van der Waals surface area contributed by atoms with Crippen LogP contribution in [0.4, 0.5) is 0 Å². The summed E-state index contributed by atoms with van der Waals surface area (Å²) in [6, 6.07) is 0. The summed E-state index contributed by atoms with van der Waals surface area (Å²) in [4.78, 5) is 0. The van der Waals surface area contributed by atoms with Crippen molar-refractivity contribution in [3.63, 3.8) is 0 Å². The van der Waals surface area contributed by atoms with Gasteiger partial charge in [-0.3, -0.25) is 0 Å². The molecule has 0 aliphatic heterocycles. The monoisotopic (exact) mass is 316 g/mol. The first-order valence-electron chi connectivity index (χ1n) is 8.08. The molecule has 0 radical (unpaired) electrons. The SMILES string of the molecule is CC1=C(C)C(C)(C)[C]([Sc+][C]2=C(C)C(C)=C(C)C2(C)C)=C1C.[H-]. The van der Waals surface area contributed by atoms with Gasteiger partial charge in [-0.1, -0.05) is 0 Å². The fourth-order valence-electron chi connectivity index (χ4n) is 3.97. The molecule has 0 aromatic rings. The Labute approximate surface area is 144 Å². The van der Waals surface area contributed by atoms with E-state index >= 15 is 0 Å². The molecule has 2 rings (SSSR count). The van der Waals surface area contributed by atoms with Gasteiger partial charge < -0.3 is 1.43 Å². The summed E-state index contributed by atoms with van der Waals surface area (Å²) in [6.45, 7) is 23.7. The maximum atomic E-state index is 2.43. The Bertz CT molecular complexity index is 581. The minimum absolute atomic E-state index is 0. The molecule has 0 heterocycles. The van der Waals surface area contributed by atoms with Crippen molar-refractivity contribution in [1.82, 2.24) is 0 Å². The number of allylic oxidation sites excluding steroid dienone is 8. The molecule has 1 heteroatoms. The number of hydrogen-bond acceptors (Lipinski definition) is 0. The zero-order valence-corrected chi connectivity index (χ0v) is 17.4. The second-order valence-electron chi connectivity index (χ2n) is 7.97. The van der Waals surface area contributed by atoms with Gasteiger partial charge >= 0.3 is 143 Å². The van der Waals surface area contributed by atoms with Crippen LogP contribution in [-0.2, 0) is 22.9 Å². The number of rotatable bonds is 2. The van der Waals surface area contributed by atoms with Crippen molar-refractivity contribution in [2.24, 2.45) is 10.8 Å². The van der Waals surface area contributed by atoms with Crippen LogP contribution in [0.15, 0.2) is 40.1 Å². The Kier molecular flexibility index (Phi) is 4.24. The van der Waals surface area contributed by atoms with E-state index in [1.165, 1.54) is 0 Å². The van der Waals surface area contributed by atoms with Gasteiger partial charge in [0.25, 0.3) is 0 Å². The zero-order chi connectivity index (χ0) is 16.3. The van der Waals surface area contributed by atoms with E-state index in [1.807, 2.05) is 0 Å². The van der Waals surface area contributed by atoms with Crippen LogP contribution in [0.3, 0.4) is 0 Å². The van der Waals surface area contributed by atoms with E-state index in [4.69, 9.17) is 0 Å². The normalized spacial score (nSPS) is 24.5. The summed E-state index contributed by atoms with van der Waals surface area (Å²) in [6.07, 6.45) is 0. The predicted molar refractivity (Wildman–Crippen MR) is 90.8 cm³/mol. The van der Waals surface area contributed by atoms with Crippen molar-refractivity contribution in [2.75, 3.05) is 0 Å². The van der Waals surface area contributed by atoms with Gasteiger partial charge in [0.05, 0.1) is 0 Å². The smallest absolute Gasteiger partial charge is 1.00 e. The number of hydrogen-bond donors (Lipinski definition) is 0. The molecule has 0 atom stereocenters. The van der Waals surface area contributed by atoms with Crippen molar-refractivity contribution in [1.29, 1.82) is 0 Å². The fourth-order valence-corrected chi connectivity index (χ4v) is 7.57. The van der Waals surface area contributed by atoms with Crippen molar-refractivity contribution in [3.8, 4) is 0 Å². The molecular formula is C20H31Sc. The molecule has 0 aromatic heterocycles. The van der Waals surface area contributed by atoms with Crippen LogP contribution in [0.5, 0.6) is 0 Å². The summed E-state index contributed by atoms with van der Waals surface area (Å²) < 4.78 is 3.57. The molecule has 0 unspecified atom stereocenters. The largest absolute Gasteiger partial charge is 1.00 e. The molecule has 0 spiro atoms. The summed E-state index contributed by atoms with van der Waals surface area (Å²) in [5.41, 5.74) is 10.0. The molecule has 0 saturated heterocycles. The second-order valence-corrected chi connectivity index (χ2v) is 10.2. The molecule has 21 heavy (non-hydrogen) atoms. The second kappa shape index (κ2) is 5.18. The first kappa shape index (κ1) is 17.2. The summed E-state index contributed by atoms with van der Waals surface area (Å²) in [5.74, 6) is 0. The van der Waals surface area contributed by atoms with Crippen LogP contribution in [0, 0.1) is 10.8 Å². The Morgan fingerprint density at radius 3 is 1.05 bits per heavy atom. The quantitative estimate of drug-likeness (QED) is 0.547. The third kappa shape index (κ3) is 2.35. The molecule has 114 valence electrons. The van der Waals surface area contributed by atoms with Gasteiger partial charge in [0.1, 0.15) is 0 Å². The standard InChI is InChI=1S/2C10H15.Sc.H/c2*1-7-6-10(4,5)9(3)8(7)2;;/h2*1-5H3;;/q;;+1;-1. The molecule has 2 aliphatic rings. The average Bonchev–Trinajstić information content (AvgIpc) is 2.63. The molecule has 0 amide bonds. The first-order valence-corrected chi connectivity index (χ1v) is 9.88. The summed E-state index contributed by atoms with van der Waals surface area (Å²) in [7, 11) is 0. The van der Waals surface area contributed by atoms with E-state index in [1.54, 1.807) is 40.1 Å². The van der Waals surface area contributed by atoms with Gasteiger partial charge in [0.15, 0.2) is 0 Å². The molecule has 0 fully saturated rings. The topological polar surface area (TPSA) is 0 Å². The molecule has 2 aliphatic carbocycles. The molecule has 0 N–H and O–H groups in total. The van der Waals surface area contributed by atoms with Gasteiger partial charge in [-0.05, 0) is 0 Å². The van der Waals surface area contributed by atoms with Crippen LogP contribution >= 0.6 is 0 Å². The first-order chi connectivity index (χ1) is 9.44. The van der Waals surface area contributed by atoms with Crippen molar-refractivity contribution < 1.29 is 24.3 Å². The maximum absolute atomic E-state index is 2.43. The van der Waals surface area contributed by atoms with Crippen LogP contribution in [-0.4, -0.2) is 0 Å².